The first kappa shape index (κ1) is 11.1. The molecule has 1 heterocycles. The van der Waals surface area contributed by atoms with E-state index in [9.17, 15) is 8.78 Å². The van der Waals surface area contributed by atoms with Crippen LogP contribution in [0.2, 0.25) is 5.02 Å². The summed E-state index contributed by atoms with van der Waals surface area (Å²) in [7, 11) is 0. The zero-order valence-corrected chi connectivity index (χ0v) is 9.31. The molecule has 0 aromatic carbocycles. The SMILES string of the molecule is NCc1c(I)cnc(C(F)F)c1Cl. The fourth-order valence-corrected chi connectivity index (χ4v) is 1.96. The van der Waals surface area contributed by atoms with E-state index in [-0.39, 0.29) is 11.6 Å². The van der Waals surface area contributed by atoms with Crippen LogP contribution in [-0.2, 0) is 6.54 Å². The molecule has 1 rings (SSSR count). The van der Waals surface area contributed by atoms with Crippen molar-refractivity contribution in [3.8, 4) is 0 Å². The molecule has 2 nitrogen and oxygen atoms in total. The fraction of sp³-hybridized carbons (Fsp3) is 0.286. The van der Waals surface area contributed by atoms with Crippen molar-refractivity contribution in [1.82, 2.24) is 4.98 Å². The van der Waals surface area contributed by atoms with Crippen LogP contribution >= 0.6 is 34.2 Å². The van der Waals surface area contributed by atoms with Gasteiger partial charge in [-0.2, -0.15) is 0 Å². The third kappa shape index (κ3) is 2.26. The van der Waals surface area contributed by atoms with E-state index < -0.39 is 12.1 Å². The first-order valence-corrected chi connectivity index (χ1v) is 4.84. The van der Waals surface area contributed by atoms with Crippen LogP contribution in [0.5, 0.6) is 0 Å². The maximum Gasteiger partial charge on any atom is 0.281 e. The molecule has 0 aliphatic heterocycles. The van der Waals surface area contributed by atoms with Gasteiger partial charge in [-0.05, 0) is 22.6 Å². The lowest BCUT2D eigenvalue weighted by molar-refractivity contribution is 0.146. The molecule has 1 aromatic heterocycles. The zero-order chi connectivity index (χ0) is 10.0. The number of aromatic nitrogens is 1. The van der Waals surface area contributed by atoms with Crippen molar-refractivity contribution in [2.45, 2.75) is 13.0 Å². The summed E-state index contributed by atoms with van der Waals surface area (Å²) in [5.74, 6) is 0. The molecular weight excluding hydrogens is 312 g/mol. The van der Waals surface area contributed by atoms with Crippen molar-refractivity contribution >= 4 is 34.2 Å². The second-order valence-electron chi connectivity index (χ2n) is 2.29. The van der Waals surface area contributed by atoms with E-state index in [1.54, 1.807) is 0 Å². The molecule has 2 N–H and O–H groups in total. The van der Waals surface area contributed by atoms with Gasteiger partial charge in [-0.25, -0.2) is 8.78 Å². The topological polar surface area (TPSA) is 38.9 Å². The van der Waals surface area contributed by atoms with Gasteiger partial charge >= 0.3 is 0 Å². The van der Waals surface area contributed by atoms with Crippen LogP contribution in [0, 0.1) is 3.57 Å². The highest BCUT2D eigenvalue weighted by Crippen LogP contribution is 2.29. The van der Waals surface area contributed by atoms with Gasteiger partial charge < -0.3 is 5.73 Å². The highest BCUT2D eigenvalue weighted by molar-refractivity contribution is 14.1. The third-order valence-electron chi connectivity index (χ3n) is 1.51. The monoisotopic (exact) mass is 318 g/mol. The number of rotatable bonds is 2. The van der Waals surface area contributed by atoms with E-state index in [0.717, 1.165) is 0 Å². The van der Waals surface area contributed by atoms with Gasteiger partial charge in [-0.15, -0.1) is 0 Å². The van der Waals surface area contributed by atoms with Crippen molar-refractivity contribution in [3.05, 3.63) is 26.0 Å². The standard InChI is InChI=1S/C7H6ClF2IN2/c8-5-3(1-12)4(11)2-13-6(5)7(9)10/h2,7H,1,12H2. The predicted molar refractivity (Wildman–Crippen MR) is 54.8 cm³/mol. The van der Waals surface area contributed by atoms with Crippen LogP contribution in [0.1, 0.15) is 17.7 Å². The van der Waals surface area contributed by atoms with Crippen LogP contribution in [0.15, 0.2) is 6.20 Å². The molecule has 13 heavy (non-hydrogen) atoms. The van der Waals surface area contributed by atoms with Gasteiger partial charge in [0.25, 0.3) is 6.43 Å². The fourth-order valence-electron chi connectivity index (χ4n) is 0.859. The van der Waals surface area contributed by atoms with Crippen LogP contribution < -0.4 is 5.73 Å². The molecule has 0 spiro atoms. The number of hydrogen-bond donors (Lipinski definition) is 1. The Morgan fingerprint density at radius 1 is 1.62 bits per heavy atom. The maximum atomic E-state index is 12.3. The Labute approximate surface area is 92.6 Å². The van der Waals surface area contributed by atoms with Crippen LogP contribution in [0.25, 0.3) is 0 Å². The van der Waals surface area contributed by atoms with Gasteiger partial charge in [0.05, 0.1) is 5.02 Å². The summed E-state index contributed by atoms with van der Waals surface area (Å²) in [6, 6.07) is 0. The van der Waals surface area contributed by atoms with Gasteiger partial charge in [-0.1, -0.05) is 11.6 Å². The summed E-state index contributed by atoms with van der Waals surface area (Å²) in [4.78, 5) is 3.54. The Morgan fingerprint density at radius 2 is 2.23 bits per heavy atom. The van der Waals surface area contributed by atoms with Crippen molar-refractivity contribution < 1.29 is 8.78 Å². The molecule has 0 saturated heterocycles. The molecule has 0 amide bonds. The van der Waals surface area contributed by atoms with E-state index in [1.807, 2.05) is 22.6 Å². The molecule has 0 aliphatic rings. The van der Waals surface area contributed by atoms with E-state index >= 15 is 0 Å². The zero-order valence-electron chi connectivity index (χ0n) is 6.40. The largest absolute Gasteiger partial charge is 0.326 e. The van der Waals surface area contributed by atoms with Crippen molar-refractivity contribution in [1.29, 1.82) is 0 Å². The van der Waals surface area contributed by atoms with E-state index in [0.29, 0.717) is 9.13 Å². The van der Waals surface area contributed by atoms with Crippen molar-refractivity contribution in [2.75, 3.05) is 0 Å². The average molecular weight is 318 g/mol. The quantitative estimate of drug-likeness (QED) is 0.852. The molecule has 1 aromatic rings. The summed E-state index contributed by atoms with van der Waals surface area (Å²) >= 11 is 7.64. The molecule has 0 bridgehead atoms. The van der Waals surface area contributed by atoms with E-state index in [2.05, 4.69) is 4.98 Å². The Bertz CT molecular complexity index is 320. The molecule has 0 unspecified atom stereocenters. The lowest BCUT2D eigenvalue weighted by atomic mass is 10.2. The summed E-state index contributed by atoms with van der Waals surface area (Å²) in [6.07, 6.45) is -1.31. The summed E-state index contributed by atoms with van der Waals surface area (Å²) in [5, 5.41) is -0.0237. The second kappa shape index (κ2) is 4.47. The smallest absolute Gasteiger partial charge is 0.281 e. The van der Waals surface area contributed by atoms with Gasteiger partial charge in [0, 0.05) is 21.9 Å². The van der Waals surface area contributed by atoms with Crippen LogP contribution in [0.3, 0.4) is 0 Å². The molecule has 6 heteroatoms. The number of alkyl halides is 2. The van der Waals surface area contributed by atoms with Crippen molar-refractivity contribution in [2.24, 2.45) is 5.73 Å². The Balaban J connectivity index is 3.27. The minimum absolute atomic E-state index is 0.0237. The molecule has 0 fully saturated rings. The second-order valence-corrected chi connectivity index (χ2v) is 3.83. The minimum atomic E-state index is -2.66. The average Bonchev–Trinajstić information content (AvgIpc) is 2.04. The first-order valence-electron chi connectivity index (χ1n) is 3.39. The third-order valence-corrected chi connectivity index (χ3v) is 2.86. The molecule has 0 aliphatic carbocycles. The Hall–Kier alpha value is -0.0100. The van der Waals surface area contributed by atoms with Gasteiger partial charge in [0.1, 0.15) is 5.69 Å². The highest BCUT2D eigenvalue weighted by Gasteiger charge is 2.17. The Kier molecular flexibility index (Phi) is 3.81. The number of halogens is 4. The number of hydrogen-bond acceptors (Lipinski definition) is 2. The van der Waals surface area contributed by atoms with Gasteiger partial charge in [0.15, 0.2) is 0 Å². The number of nitrogens with zero attached hydrogens (tertiary/aromatic N) is 1. The maximum absolute atomic E-state index is 12.3. The Morgan fingerprint density at radius 3 is 2.69 bits per heavy atom. The molecule has 72 valence electrons. The predicted octanol–water partition coefficient (Wildman–Crippen LogP) is 2.74. The molecular formula is C7H6ClF2IN2. The van der Waals surface area contributed by atoms with Crippen LogP contribution in [-0.4, -0.2) is 4.98 Å². The number of nitrogens with two attached hydrogens (primary N) is 1. The molecule has 0 radical (unpaired) electrons. The van der Waals surface area contributed by atoms with Crippen molar-refractivity contribution in [3.63, 3.8) is 0 Å². The summed E-state index contributed by atoms with van der Waals surface area (Å²) in [5.41, 5.74) is 5.48. The van der Waals surface area contributed by atoms with Crippen LogP contribution in [0.4, 0.5) is 8.78 Å². The molecule has 0 atom stereocenters. The lowest BCUT2D eigenvalue weighted by Gasteiger charge is -2.07. The lowest BCUT2D eigenvalue weighted by Crippen LogP contribution is -2.04. The first-order chi connectivity index (χ1) is 6.07. The van der Waals surface area contributed by atoms with E-state index in [1.165, 1.54) is 6.20 Å². The van der Waals surface area contributed by atoms with E-state index in [4.69, 9.17) is 17.3 Å². The molecule has 0 saturated carbocycles. The number of pyridine rings is 1. The normalized spacial score (nSPS) is 10.9. The minimum Gasteiger partial charge on any atom is -0.326 e. The summed E-state index contributed by atoms with van der Waals surface area (Å²) < 4.78 is 25.3. The summed E-state index contributed by atoms with van der Waals surface area (Å²) in [6.45, 7) is 0.138. The highest BCUT2D eigenvalue weighted by atomic mass is 127. The van der Waals surface area contributed by atoms with Gasteiger partial charge in [-0.3, -0.25) is 4.98 Å². The van der Waals surface area contributed by atoms with Gasteiger partial charge in [0.2, 0.25) is 0 Å².